The number of aldehydes is 1. The SMILES string of the molecule is COc1ccc(-c2cc(N)c(O)c(C=O)c2)c(OC)n1. The minimum atomic E-state index is -0.232. The number of aromatic nitrogens is 1. The normalized spacial score (nSPS) is 10.1. The fourth-order valence-corrected chi connectivity index (χ4v) is 1.84. The molecule has 1 aromatic carbocycles. The van der Waals surface area contributed by atoms with Crippen molar-refractivity contribution >= 4 is 12.0 Å². The highest BCUT2D eigenvalue weighted by Crippen LogP contribution is 2.35. The lowest BCUT2D eigenvalue weighted by molar-refractivity contribution is 0.112. The molecule has 0 aliphatic heterocycles. The van der Waals surface area contributed by atoms with Crippen LogP contribution in [-0.4, -0.2) is 30.6 Å². The number of hydrogen-bond donors (Lipinski definition) is 2. The second kappa shape index (κ2) is 5.48. The highest BCUT2D eigenvalue weighted by Gasteiger charge is 2.13. The zero-order valence-corrected chi connectivity index (χ0v) is 11.1. The van der Waals surface area contributed by atoms with Crippen LogP contribution in [0, 0.1) is 0 Å². The average molecular weight is 274 g/mol. The fourth-order valence-electron chi connectivity index (χ4n) is 1.84. The molecule has 20 heavy (non-hydrogen) atoms. The van der Waals surface area contributed by atoms with Gasteiger partial charge in [-0.2, -0.15) is 4.98 Å². The number of hydrogen-bond acceptors (Lipinski definition) is 6. The van der Waals surface area contributed by atoms with Crippen molar-refractivity contribution in [3.8, 4) is 28.6 Å². The standard InChI is InChI=1S/C14H14N2O4/c1-19-12-4-3-10(14(16-12)20-2)8-5-9(7-17)13(18)11(15)6-8/h3-7,18H,15H2,1-2H3. The van der Waals surface area contributed by atoms with Gasteiger partial charge in [0.2, 0.25) is 11.8 Å². The van der Waals surface area contributed by atoms with Crippen LogP contribution in [0.1, 0.15) is 10.4 Å². The van der Waals surface area contributed by atoms with Gasteiger partial charge in [-0.05, 0) is 23.8 Å². The van der Waals surface area contributed by atoms with E-state index >= 15 is 0 Å². The molecule has 6 heteroatoms. The summed E-state index contributed by atoms with van der Waals surface area (Å²) < 4.78 is 10.2. The van der Waals surface area contributed by atoms with Crippen molar-refractivity contribution in [3.63, 3.8) is 0 Å². The highest BCUT2D eigenvalue weighted by molar-refractivity contribution is 5.88. The van der Waals surface area contributed by atoms with Crippen LogP contribution in [0.15, 0.2) is 24.3 Å². The fraction of sp³-hybridized carbons (Fsp3) is 0.143. The minimum Gasteiger partial charge on any atom is -0.505 e. The van der Waals surface area contributed by atoms with Gasteiger partial charge in [0.1, 0.15) is 5.75 Å². The lowest BCUT2D eigenvalue weighted by atomic mass is 10.0. The van der Waals surface area contributed by atoms with Gasteiger partial charge in [0.15, 0.2) is 6.29 Å². The third kappa shape index (κ3) is 2.35. The van der Waals surface area contributed by atoms with E-state index in [2.05, 4.69) is 4.98 Å². The van der Waals surface area contributed by atoms with Gasteiger partial charge >= 0.3 is 0 Å². The molecule has 3 N–H and O–H groups in total. The van der Waals surface area contributed by atoms with E-state index in [1.165, 1.54) is 20.3 Å². The molecule has 1 heterocycles. The largest absolute Gasteiger partial charge is 0.505 e. The first-order valence-corrected chi connectivity index (χ1v) is 5.77. The van der Waals surface area contributed by atoms with Crippen LogP contribution in [0.25, 0.3) is 11.1 Å². The Hall–Kier alpha value is -2.76. The summed E-state index contributed by atoms with van der Waals surface area (Å²) in [5, 5.41) is 9.65. The Morgan fingerprint density at radius 2 is 2.00 bits per heavy atom. The maximum atomic E-state index is 10.9. The molecule has 2 rings (SSSR count). The lowest BCUT2D eigenvalue weighted by Gasteiger charge is -2.11. The van der Waals surface area contributed by atoms with E-state index in [-0.39, 0.29) is 17.0 Å². The Balaban J connectivity index is 2.62. The number of pyridine rings is 1. The quantitative estimate of drug-likeness (QED) is 0.502. The van der Waals surface area contributed by atoms with E-state index in [1.54, 1.807) is 18.2 Å². The molecule has 0 unspecified atom stereocenters. The number of methoxy groups -OCH3 is 2. The summed E-state index contributed by atoms with van der Waals surface area (Å²) in [6.45, 7) is 0. The summed E-state index contributed by atoms with van der Waals surface area (Å²) in [6, 6.07) is 6.48. The number of rotatable bonds is 4. The van der Waals surface area contributed by atoms with Crippen molar-refractivity contribution in [1.82, 2.24) is 4.98 Å². The topological polar surface area (TPSA) is 94.7 Å². The van der Waals surface area contributed by atoms with Crippen LogP contribution < -0.4 is 15.2 Å². The first kappa shape index (κ1) is 13.7. The number of anilines is 1. The molecule has 0 amide bonds. The Morgan fingerprint density at radius 3 is 2.60 bits per heavy atom. The maximum Gasteiger partial charge on any atom is 0.224 e. The predicted octanol–water partition coefficient (Wildman–Crippen LogP) is 1.87. The van der Waals surface area contributed by atoms with Gasteiger partial charge in [0.25, 0.3) is 0 Å². The Kier molecular flexibility index (Phi) is 3.74. The number of phenolic OH excluding ortho intramolecular Hbond substituents is 1. The molecular weight excluding hydrogens is 260 g/mol. The monoisotopic (exact) mass is 274 g/mol. The van der Waals surface area contributed by atoms with Crippen molar-refractivity contribution in [2.24, 2.45) is 0 Å². The van der Waals surface area contributed by atoms with Gasteiger partial charge < -0.3 is 20.3 Å². The summed E-state index contributed by atoms with van der Waals surface area (Å²) in [5.74, 6) is 0.517. The second-order valence-corrected chi connectivity index (χ2v) is 4.03. The summed E-state index contributed by atoms with van der Waals surface area (Å²) in [5.41, 5.74) is 7.17. The van der Waals surface area contributed by atoms with Gasteiger partial charge in [0.05, 0.1) is 25.5 Å². The maximum absolute atomic E-state index is 10.9. The molecule has 0 spiro atoms. The summed E-state index contributed by atoms with van der Waals surface area (Å²) in [4.78, 5) is 15.1. The third-order valence-electron chi connectivity index (χ3n) is 2.84. The van der Waals surface area contributed by atoms with Crippen LogP contribution in [0.4, 0.5) is 5.69 Å². The van der Waals surface area contributed by atoms with Crippen LogP contribution in [0.2, 0.25) is 0 Å². The Labute approximate surface area is 115 Å². The van der Waals surface area contributed by atoms with Crippen molar-refractivity contribution in [2.45, 2.75) is 0 Å². The molecule has 1 aromatic heterocycles. The van der Waals surface area contributed by atoms with E-state index in [1.807, 2.05) is 0 Å². The first-order valence-electron chi connectivity index (χ1n) is 5.77. The number of nitrogens with two attached hydrogens (primary N) is 1. The van der Waals surface area contributed by atoms with Crippen molar-refractivity contribution in [2.75, 3.05) is 20.0 Å². The molecule has 104 valence electrons. The molecule has 0 saturated carbocycles. The van der Waals surface area contributed by atoms with Crippen molar-refractivity contribution < 1.29 is 19.4 Å². The molecule has 0 aliphatic rings. The number of ether oxygens (including phenoxy) is 2. The van der Waals surface area contributed by atoms with Gasteiger partial charge in [-0.25, -0.2) is 0 Å². The molecule has 2 aromatic rings. The van der Waals surface area contributed by atoms with Crippen LogP contribution in [-0.2, 0) is 0 Å². The van der Waals surface area contributed by atoms with Gasteiger partial charge in [0, 0.05) is 11.6 Å². The number of aromatic hydroxyl groups is 1. The van der Waals surface area contributed by atoms with E-state index in [0.29, 0.717) is 29.2 Å². The van der Waals surface area contributed by atoms with Gasteiger partial charge in [-0.3, -0.25) is 4.79 Å². The average Bonchev–Trinajstić information content (AvgIpc) is 2.49. The number of nitrogens with zero attached hydrogens (tertiary/aromatic N) is 1. The molecule has 0 saturated heterocycles. The summed E-state index contributed by atoms with van der Waals surface area (Å²) in [6.07, 6.45) is 0.540. The Morgan fingerprint density at radius 1 is 1.25 bits per heavy atom. The minimum absolute atomic E-state index is 0.109. The zero-order valence-electron chi connectivity index (χ0n) is 11.1. The van der Waals surface area contributed by atoms with Crippen LogP contribution in [0.5, 0.6) is 17.5 Å². The highest BCUT2D eigenvalue weighted by atomic mass is 16.5. The molecule has 0 bridgehead atoms. The third-order valence-corrected chi connectivity index (χ3v) is 2.84. The number of carbonyl (C=O) groups excluding carboxylic acids is 1. The van der Waals surface area contributed by atoms with Crippen LogP contribution >= 0.6 is 0 Å². The molecule has 0 aliphatic carbocycles. The summed E-state index contributed by atoms with van der Waals surface area (Å²) >= 11 is 0. The lowest BCUT2D eigenvalue weighted by Crippen LogP contribution is -1.97. The van der Waals surface area contributed by atoms with E-state index in [4.69, 9.17) is 15.2 Å². The number of carbonyl (C=O) groups is 1. The zero-order chi connectivity index (χ0) is 14.7. The molecular formula is C14H14N2O4. The van der Waals surface area contributed by atoms with Crippen LogP contribution in [0.3, 0.4) is 0 Å². The molecule has 0 radical (unpaired) electrons. The Bertz CT molecular complexity index is 656. The summed E-state index contributed by atoms with van der Waals surface area (Å²) in [7, 11) is 2.99. The van der Waals surface area contributed by atoms with E-state index in [0.717, 1.165) is 0 Å². The predicted molar refractivity (Wildman–Crippen MR) is 74.2 cm³/mol. The molecule has 0 atom stereocenters. The number of benzene rings is 1. The first-order chi connectivity index (χ1) is 9.60. The second-order valence-electron chi connectivity index (χ2n) is 4.03. The van der Waals surface area contributed by atoms with E-state index < -0.39 is 0 Å². The van der Waals surface area contributed by atoms with Crippen molar-refractivity contribution in [1.29, 1.82) is 0 Å². The molecule has 6 nitrogen and oxygen atoms in total. The molecule has 0 fully saturated rings. The number of nitrogen functional groups attached to an aromatic ring is 1. The number of phenols is 1. The van der Waals surface area contributed by atoms with Gasteiger partial charge in [-0.1, -0.05) is 0 Å². The van der Waals surface area contributed by atoms with E-state index in [9.17, 15) is 9.90 Å². The smallest absolute Gasteiger partial charge is 0.224 e. The van der Waals surface area contributed by atoms with Crippen molar-refractivity contribution in [3.05, 3.63) is 29.8 Å². The van der Waals surface area contributed by atoms with Gasteiger partial charge in [-0.15, -0.1) is 0 Å².